The van der Waals surface area contributed by atoms with Crippen molar-refractivity contribution in [2.75, 3.05) is 24.6 Å². The molecule has 206 valence electrons. The molecular formula is C27H34F3N5O3. The molecule has 0 saturated carbocycles. The lowest BCUT2D eigenvalue weighted by Crippen LogP contribution is -2.57. The zero-order valence-electron chi connectivity index (χ0n) is 22.1. The van der Waals surface area contributed by atoms with E-state index in [1.54, 1.807) is 17.7 Å². The number of pyridine rings is 1. The van der Waals surface area contributed by atoms with E-state index in [9.17, 15) is 18.0 Å². The topological polar surface area (TPSA) is 64.8 Å². The molecule has 0 aliphatic carbocycles. The summed E-state index contributed by atoms with van der Waals surface area (Å²) in [6, 6.07) is 5.09. The maximum Gasteiger partial charge on any atom is 0.387 e. The average Bonchev–Trinajstić information content (AvgIpc) is 3.33. The summed E-state index contributed by atoms with van der Waals surface area (Å²) in [6.07, 6.45) is 4.73. The van der Waals surface area contributed by atoms with Crippen molar-refractivity contribution < 1.29 is 22.6 Å². The highest BCUT2D eigenvalue weighted by Crippen LogP contribution is 2.36. The van der Waals surface area contributed by atoms with Crippen LogP contribution < -0.4 is 15.2 Å². The predicted octanol–water partition coefficient (Wildman–Crippen LogP) is 4.83. The fourth-order valence-corrected chi connectivity index (χ4v) is 5.77. The molecule has 2 aliphatic heterocycles. The van der Waals surface area contributed by atoms with Crippen molar-refractivity contribution in [1.29, 1.82) is 0 Å². The van der Waals surface area contributed by atoms with Crippen molar-refractivity contribution in [2.45, 2.75) is 71.0 Å². The van der Waals surface area contributed by atoms with Crippen LogP contribution in [0.1, 0.15) is 57.9 Å². The highest BCUT2D eigenvalue weighted by molar-refractivity contribution is 5.88. The van der Waals surface area contributed by atoms with Gasteiger partial charge in [-0.25, -0.2) is 9.07 Å². The Labute approximate surface area is 219 Å². The van der Waals surface area contributed by atoms with Gasteiger partial charge in [-0.3, -0.25) is 9.69 Å². The number of anilines is 1. The Morgan fingerprint density at radius 2 is 1.92 bits per heavy atom. The molecule has 0 bridgehead atoms. The number of aryl methyl sites for hydroxylation is 1. The summed E-state index contributed by atoms with van der Waals surface area (Å²) in [5.74, 6) is -0.783. The molecule has 3 aromatic rings. The van der Waals surface area contributed by atoms with Crippen LogP contribution in [0.15, 0.2) is 35.3 Å². The van der Waals surface area contributed by atoms with Crippen molar-refractivity contribution in [1.82, 2.24) is 19.2 Å². The van der Waals surface area contributed by atoms with Gasteiger partial charge >= 0.3 is 6.61 Å². The van der Waals surface area contributed by atoms with E-state index >= 15 is 0 Å². The van der Waals surface area contributed by atoms with Crippen LogP contribution in [0.4, 0.5) is 18.9 Å². The maximum atomic E-state index is 13.8. The zero-order chi connectivity index (χ0) is 27.1. The molecule has 4 heterocycles. The number of fused-ring (bicyclic) bond motifs is 1. The summed E-state index contributed by atoms with van der Waals surface area (Å²) >= 11 is 0. The molecule has 0 spiro atoms. The SMILES string of the molecule is CC(c1ccc(F)cc1OC(F)F)N1C[C@H](C)N(c2cc(=O)n(C)c3cn(C4CCCCO4)nc23)C[C@H]1C. The van der Waals surface area contributed by atoms with Crippen LogP contribution in [0, 0.1) is 5.82 Å². The van der Waals surface area contributed by atoms with Crippen LogP contribution in [0.3, 0.4) is 0 Å². The van der Waals surface area contributed by atoms with Crippen LogP contribution >= 0.6 is 0 Å². The molecule has 2 fully saturated rings. The molecule has 0 N–H and O–H groups in total. The normalized spacial score (nSPS) is 23.8. The molecule has 1 aromatic carbocycles. The summed E-state index contributed by atoms with van der Waals surface area (Å²) < 4.78 is 53.8. The van der Waals surface area contributed by atoms with Crippen LogP contribution in [-0.2, 0) is 11.8 Å². The lowest BCUT2D eigenvalue weighted by atomic mass is 9.99. The lowest BCUT2D eigenvalue weighted by molar-refractivity contribution is -0.0515. The smallest absolute Gasteiger partial charge is 0.387 e. The van der Waals surface area contributed by atoms with E-state index in [1.165, 1.54) is 12.1 Å². The average molecular weight is 534 g/mol. The van der Waals surface area contributed by atoms with Crippen molar-refractivity contribution in [3.8, 4) is 5.75 Å². The molecule has 2 aliphatic rings. The van der Waals surface area contributed by atoms with Gasteiger partial charge in [-0.2, -0.15) is 13.9 Å². The van der Waals surface area contributed by atoms with E-state index in [4.69, 9.17) is 9.84 Å². The highest BCUT2D eigenvalue weighted by atomic mass is 19.3. The Kier molecular flexibility index (Phi) is 7.41. The van der Waals surface area contributed by atoms with Crippen LogP contribution in [0.2, 0.25) is 0 Å². The number of rotatable bonds is 6. The Bertz CT molecular complexity index is 1350. The number of benzene rings is 1. The maximum absolute atomic E-state index is 13.8. The van der Waals surface area contributed by atoms with Gasteiger partial charge in [0, 0.05) is 62.6 Å². The second-order valence-electron chi connectivity index (χ2n) is 10.4. The largest absolute Gasteiger partial charge is 0.434 e. The molecule has 5 rings (SSSR count). The molecule has 2 aromatic heterocycles. The van der Waals surface area contributed by atoms with Gasteiger partial charge in [0.05, 0.1) is 17.4 Å². The first-order valence-corrected chi connectivity index (χ1v) is 13.1. The number of piperazine rings is 1. The second kappa shape index (κ2) is 10.6. The zero-order valence-corrected chi connectivity index (χ0v) is 22.1. The fraction of sp³-hybridized carbons (Fsp3) is 0.556. The van der Waals surface area contributed by atoms with E-state index in [2.05, 4.69) is 28.4 Å². The molecule has 4 atom stereocenters. The van der Waals surface area contributed by atoms with Crippen LogP contribution in [0.25, 0.3) is 11.0 Å². The number of hydrogen-bond donors (Lipinski definition) is 0. The molecule has 0 amide bonds. The third kappa shape index (κ3) is 5.01. The van der Waals surface area contributed by atoms with Gasteiger partial charge in [-0.1, -0.05) is 6.07 Å². The van der Waals surface area contributed by atoms with Gasteiger partial charge in [0.25, 0.3) is 5.56 Å². The Morgan fingerprint density at radius 1 is 1.13 bits per heavy atom. The van der Waals surface area contributed by atoms with Crippen molar-refractivity contribution in [3.05, 3.63) is 52.2 Å². The monoisotopic (exact) mass is 533 g/mol. The van der Waals surface area contributed by atoms with Crippen LogP contribution in [-0.4, -0.2) is 57.6 Å². The van der Waals surface area contributed by atoms with Gasteiger partial charge in [-0.05, 0) is 46.1 Å². The second-order valence-corrected chi connectivity index (χ2v) is 10.4. The molecule has 11 heteroatoms. The first kappa shape index (κ1) is 26.6. The predicted molar refractivity (Wildman–Crippen MR) is 138 cm³/mol. The highest BCUT2D eigenvalue weighted by Gasteiger charge is 2.35. The summed E-state index contributed by atoms with van der Waals surface area (Å²) in [5, 5.41) is 4.88. The van der Waals surface area contributed by atoms with Crippen molar-refractivity contribution >= 4 is 16.7 Å². The van der Waals surface area contributed by atoms with Crippen molar-refractivity contribution in [3.63, 3.8) is 0 Å². The molecule has 2 unspecified atom stereocenters. The lowest BCUT2D eigenvalue weighted by Gasteiger charge is -2.47. The quantitative estimate of drug-likeness (QED) is 0.452. The van der Waals surface area contributed by atoms with E-state index in [1.807, 2.05) is 17.8 Å². The van der Waals surface area contributed by atoms with Gasteiger partial charge in [0.1, 0.15) is 23.3 Å². The summed E-state index contributed by atoms with van der Waals surface area (Å²) in [5.41, 5.74) is 2.65. The minimum atomic E-state index is -3.04. The standard InChI is InChI=1S/C27H34F3N5O3/c1-16-14-34(17(2)13-33(16)18(3)20-9-8-19(28)11-23(20)38-27(29)30)21-12-24(36)32(4)22-15-35(31-26(21)22)25-7-5-6-10-37-25/h8-9,11-12,15-18,25,27H,5-7,10,13-14H2,1-4H3/t16-,17+,18?,25?/m1/s1. The Balaban J connectivity index is 1.44. The van der Waals surface area contributed by atoms with E-state index in [0.29, 0.717) is 25.3 Å². The van der Waals surface area contributed by atoms with Gasteiger partial charge in [-0.15, -0.1) is 0 Å². The summed E-state index contributed by atoms with van der Waals surface area (Å²) in [4.78, 5) is 17.3. The first-order valence-electron chi connectivity index (χ1n) is 13.1. The molecule has 38 heavy (non-hydrogen) atoms. The minimum absolute atomic E-state index is 0.00600. The third-order valence-electron chi connectivity index (χ3n) is 7.84. The number of nitrogens with zero attached hydrogens (tertiary/aromatic N) is 5. The Morgan fingerprint density at radius 3 is 2.63 bits per heavy atom. The van der Waals surface area contributed by atoms with Gasteiger partial charge in [0.15, 0.2) is 0 Å². The van der Waals surface area contributed by atoms with Crippen molar-refractivity contribution in [2.24, 2.45) is 7.05 Å². The Hall–Kier alpha value is -3.05. The summed E-state index contributed by atoms with van der Waals surface area (Å²) in [6.45, 7) is 4.87. The number of ether oxygens (including phenoxy) is 2. The van der Waals surface area contributed by atoms with Gasteiger partial charge < -0.3 is 18.9 Å². The molecular weight excluding hydrogens is 499 g/mol. The van der Waals surface area contributed by atoms with E-state index in [0.717, 1.165) is 42.0 Å². The van der Waals surface area contributed by atoms with E-state index < -0.39 is 12.4 Å². The summed E-state index contributed by atoms with van der Waals surface area (Å²) in [7, 11) is 1.75. The molecule has 0 radical (unpaired) electrons. The first-order chi connectivity index (χ1) is 18.1. The number of hydrogen-bond acceptors (Lipinski definition) is 6. The number of aromatic nitrogens is 3. The molecule has 8 nitrogen and oxygen atoms in total. The van der Waals surface area contributed by atoms with Gasteiger partial charge in [0.2, 0.25) is 0 Å². The third-order valence-corrected chi connectivity index (χ3v) is 7.84. The fourth-order valence-electron chi connectivity index (χ4n) is 5.77. The van der Waals surface area contributed by atoms with Crippen LogP contribution in [0.5, 0.6) is 5.75 Å². The number of halogens is 3. The number of alkyl halides is 2. The molecule has 2 saturated heterocycles. The van der Waals surface area contributed by atoms with E-state index in [-0.39, 0.29) is 35.7 Å². The minimum Gasteiger partial charge on any atom is -0.434 e.